The molecule has 2 heterocycles. The molecule has 4 aromatic rings. The first kappa shape index (κ1) is 29.7. The number of aromatic hydroxyl groups is 2. The van der Waals surface area contributed by atoms with Crippen molar-refractivity contribution in [2.45, 2.75) is 38.8 Å². The Morgan fingerprint density at radius 3 is 1.36 bits per heavy atom. The van der Waals surface area contributed by atoms with Crippen LogP contribution >= 0.6 is 0 Å². The third-order valence-corrected chi connectivity index (χ3v) is 6.55. The number of hydrogen-bond acceptors (Lipinski definition) is 8. The van der Waals surface area contributed by atoms with E-state index in [2.05, 4.69) is 20.0 Å². The van der Waals surface area contributed by atoms with Crippen LogP contribution in [0.4, 0.5) is 0 Å². The van der Waals surface area contributed by atoms with Gasteiger partial charge in [-0.05, 0) is 24.0 Å². The van der Waals surface area contributed by atoms with Gasteiger partial charge in [-0.3, -0.25) is 38.7 Å². The van der Waals surface area contributed by atoms with E-state index in [9.17, 15) is 29.4 Å². The molecule has 12 nitrogen and oxygen atoms in total. The maximum Gasteiger partial charge on any atom is 0.331 e. The van der Waals surface area contributed by atoms with Gasteiger partial charge in [-0.15, -0.1) is 0 Å². The lowest BCUT2D eigenvalue weighted by Crippen LogP contribution is -2.32. The van der Waals surface area contributed by atoms with Gasteiger partial charge in [0.1, 0.15) is 11.1 Å². The quantitative estimate of drug-likeness (QED) is 0.141. The highest BCUT2D eigenvalue weighted by Gasteiger charge is 2.14. The molecule has 0 aliphatic heterocycles. The molecule has 0 spiro atoms. The second-order valence-corrected chi connectivity index (χ2v) is 9.62. The van der Waals surface area contributed by atoms with Crippen LogP contribution in [0.15, 0.2) is 89.8 Å². The van der Waals surface area contributed by atoms with Gasteiger partial charge in [0, 0.05) is 25.5 Å². The van der Waals surface area contributed by atoms with Crippen LogP contribution in [0, 0.1) is 0 Å². The van der Waals surface area contributed by atoms with E-state index in [1.807, 2.05) is 60.7 Å². The molecular formula is C30H32N6O6. The Kier molecular flexibility index (Phi) is 10.2. The third kappa shape index (κ3) is 7.68. The normalized spacial score (nSPS) is 11.5. The van der Waals surface area contributed by atoms with Crippen molar-refractivity contribution in [3.8, 4) is 11.8 Å². The lowest BCUT2D eigenvalue weighted by atomic mass is 10.2. The number of H-pyrrole nitrogens is 2. The fourth-order valence-electron chi connectivity index (χ4n) is 4.28. The van der Waals surface area contributed by atoms with Gasteiger partial charge in [-0.25, -0.2) is 9.59 Å². The molecule has 0 bridgehead atoms. The van der Waals surface area contributed by atoms with Crippen LogP contribution in [0.5, 0.6) is 11.8 Å². The van der Waals surface area contributed by atoms with Gasteiger partial charge < -0.3 is 10.2 Å². The maximum absolute atomic E-state index is 12.2. The molecule has 0 saturated carbocycles. The second kappa shape index (κ2) is 14.4. The molecule has 0 radical (unpaired) electrons. The number of unbranched alkanes of at least 4 members (excludes halogenated alkanes) is 3. The fraction of sp³-hybridized carbons (Fsp3) is 0.267. The second-order valence-electron chi connectivity index (χ2n) is 9.62. The van der Waals surface area contributed by atoms with Crippen LogP contribution in [0.1, 0.15) is 47.9 Å². The zero-order valence-electron chi connectivity index (χ0n) is 22.9. The molecule has 0 aliphatic rings. The van der Waals surface area contributed by atoms with Crippen LogP contribution in [-0.2, 0) is 13.1 Å². The largest absolute Gasteiger partial charge is 0.494 e. The molecule has 0 amide bonds. The number of aromatic nitrogens is 4. The summed E-state index contributed by atoms with van der Waals surface area (Å²) in [6, 6.07) is 18.2. The summed E-state index contributed by atoms with van der Waals surface area (Å²) in [5.74, 6) is -0.871. The number of benzene rings is 2. The fourth-order valence-corrected chi connectivity index (χ4v) is 4.28. The lowest BCUT2D eigenvalue weighted by molar-refractivity contribution is 0.408. The molecule has 42 heavy (non-hydrogen) atoms. The molecule has 0 unspecified atom stereocenters. The van der Waals surface area contributed by atoms with E-state index in [0.717, 1.165) is 45.9 Å². The Balaban J connectivity index is 1.24. The maximum atomic E-state index is 12.2. The average Bonchev–Trinajstić information content (AvgIpc) is 2.98. The first-order valence-corrected chi connectivity index (χ1v) is 13.5. The highest BCUT2D eigenvalue weighted by molar-refractivity contribution is 5.82. The molecule has 218 valence electrons. The van der Waals surface area contributed by atoms with Crippen molar-refractivity contribution < 1.29 is 10.2 Å². The van der Waals surface area contributed by atoms with Gasteiger partial charge in [-0.2, -0.15) is 0 Å². The van der Waals surface area contributed by atoms with E-state index in [0.29, 0.717) is 13.1 Å². The van der Waals surface area contributed by atoms with E-state index in [1.54, 1.807) is 0 Å². The van der Waals surface area contributed by atoms with Crippen LogP contribution in [0.2, 0.25) is 0 Å². The smallest absolute Gasteiger partial charge is 0.331 e. The zero-order valence-corrected chi connectivity index (χ0v) is 22.9. The molecule has 4 N–H and O–H groups in total. The van der Waals surface area contributed by atoms with Crippen molar-refractivity contribution in [1.29, 1.82) is 0 Å². The van der Waals surface area contributed by atoms with E-state index in [-0.39, 0.29) is 24.2 Å². The third-order valence-electron chi connectivity index (χ3n) is 6.55. The summed E-state index contributed by atoms with van der Waals surface area (Å²) < 4.78 is 2.17. The highest BCUT2D eigenvalue weighted by Crippen LogP contribution is 2.12. The lowest BCUT2D eigenvalue weighted by Gasteiger charge is -2.09. The van der Waals surface area contributed by atoms with Crippen molar-refractivity contribution in [2.75, 3.05) is 13.1 Å². The minimum absolute atomic E-state index is 0.0757. The Morgan fingerprint density at radius 1 is 0.595 bits per heavy atom. The molecule has 0 aliphatic carbocycles. The van der Waals surface area contributed by atoms with Gasteiger partial charge in [0.15, 0.2) is 0 Å². The summed E-state index contributed by atoms with van der Waals surface area (Å²) in [6.45, 7) is 1.06. The monoisotopic (exact) mass is 572 g/mol. The summed E-state index contributed by atoms with van der Waals surface area (Å²) in [5, 5.41) is 21.1. The first-order chi connectivity index (χ1) is 20.3. The number of rotatable bonds is 13. The average molecular weight is 573 g/mol. The van der Waals surface area contributed by atoms with Crippen LogP contribution in [0.25, 0.3) is 0 Å². The first-order valence-electron chi connectivity index (χ1n) is 13.5. The number of aliphatic imine (C=N–C) groups is 2. The molecular weight excluding hydrogens is 540 g/mol. The Morgan fingerprint density at radius 2 is 0.976 bits per heavy atom. The minimum Gasteiger partial charge on any atom is -0.494 e. The molecule has 12 heteroatoms. The summed E-state index contributed by atoms with van der Waals surface area (Å²) in [4.78, 5) is 61.7. The molecule has 0 atom stereocenters. The van der Waals surface area contributed by atoms with Crippen molar-refractivity contribution in [3.05, 3.63) is 125 Å². The summed E-state index contributed by atoms with van der Waals surface area (Å²) in [5.41, 5.74) is -1.37. The minimum atomic E-state index is -0.705. The summed E-state index contributed by atoms with van der Waals surface area (Å²) in [6.07, 6.45) is 5.68. The van der Waals surface area contributed by atoms with Crippen molar-refractivity contribution >= 4 is 12.4 Å². The van der Waals surface area contributed by atoms with Crippen LogP contribution < -0.4 is 22.5 Å². The number of nitrogens with one attached hydrogen (secondary N) is 2. The number of nitrogens with zero attached hydrogens (tertiary/aromatic N) is 4. The standard InChI is InChI=1S/C30H32N6O6/c37-25-23(27(39)35(29(41)33-25)19-21-11-5-3-6-12-21)17-31-15-9-1-2-10-16-32-18-24-26(38)34-30(42)36(28(24)40)20-22-13-7-4-8-14-22/h3-8,11-14,17-18,39-40H,1-2,9-10,15-16,19-20H2,(H,33,37,41)(H,34,38,42). The highest BCUT2D eigenvalue weighted by atomic mass is 16.3. The Bertz CT molecular complexity index is 1650. The molecule has 0 saturated heterocycles. The van der Waals surface area contributed by atoms with Crippen molar-refractivity contribution in [2.24, 2.45) is 9.98 Å². The predicted octanol–water partition coefficient (Wildman–Crippen LogP) is 1.99. The van der Waals surface area contributed by atoms with Crippen LogP contribution in [0.3, 0.4) is 0 Å². The van der Waals surface area contributed by atoms with Gasteiger partial charge in [0.05, 0.1) is 13.1 Å². The Labute approximate surface area is 240 Å². The van der Waals surface area contributed by atoms with Crippen molar-refractivity contribution in [1.82, 2.24) is 19.1 Å². The van der Waals surface area contributed by atoms with E-state index < -0.39 is 34.3 Å². The SMILES string of the molecule is O=c1[nH]c(=O)n(Cc2ccccc2)c(O)c1C=NCCCCCCN=Cc1c(O)n(Cc2ccccc2)c(=O)[nH]c1=O. The molecule has 0 fully saturated rings. The topological polar surface area (TPSA) is 175 Å². The molecule has 2 aromatic carbocycles. The van der Waals surface area contributed by atoms with Gasteiger partial charge in [0.25, 0.3) is 11.1 Å². The summed E-state index contributed by atoms with van der Waals surface area (Å²) >= 11 is 0. The van der Waals surface area contributed by atoms with Gasteiger partial charge >= 0.3 is 11.4 Å². The van der Waals surface area contributed by atoms with Crippen molar-refractivity contribution in [3.63, 3.8) is 0 Å². The van der Waals surface area contributed by atoms with E-state index in [1.165, 1.54) is 12.4 Å². The van der Waals surface area contributed by atoms with Crippen LogP contribution in [-0.4, -0.2) is 54.8 Å². The Hall–Kier alpha value is -5.26. The van der Waals surface area contributed by atoms with Gasteiger partial charge in [0.2, 0.25) is 11.8 Å². The van der Waals surface area contributed by atoms with Gasteiger partial charge in [-0.1, -0.05) is 73.5 Å². The number of hydrogen-bond donors (Lipinski definition) is 4. The predicted molar refractivity (Wildman–Crippen MR) is 160 cm³/mol. The molecule has 4 rings (SSSR count). The van der Waals surface area contributed by atoms with E-state index >= 15 is 0 Å². The summed E-state index contributed by atoms with van der Waals surface area (Å²) in [7, 11) is 0. The zero-order chi connectivity index (χ0) is 29.9. The molecule has 2 aromatic heterocycles. The number of aromatic amines is 2. The van der Waals surface area contributed by atoms with E-state index in [4.69, 9.17) is 0 Å².